The quantitative estimate of drug-likeness (QED) is 0.661. The number of rotatable bonds is 4. The smallest absolute Gasteiger partial charge is 0.354 e. The maximum Gasteiger partial charge on any atom is 0.354 e. The van der Waals surface area contributed by atoms with Gasteiger partial charge in [-0.1, -0.05) is 6.07 Å². The van der Waals surface area contributed by atoms with E-state index < -0.39 is 11.9 Å². The number of hydrogen-bond acceptors (Lipinski definition) is 6. The van der Waals surface area contributed by atoms with Crippen LogP contribution in [-0.4, -0.2) is 26.2 Å². The number of hydrogen-bond donors (Lipinski definition) is 1. The lowest BCUT2D eigenvalue weighted by Crippen LogP contribution is -2.16. The van der Waals surface area contributed by atoms with Gasteiger partial charge in [-0.15, -0.1) is 0 Å². The van der Waals surface area contributed by atoms with Gasteiger partial charge in [0.25, 0.3) is 0 Å². The summed E-state index contributed by atoms with van der Waals surface area (Å²) >= 11 is 0. The fourth-order valence-corrected chi connectivity index (χ4v) is 1.44. The number of benzene rings is 1. The highest BCUT2D eigenvalue weighted by atomic mass is 16.5. The van der Waals surface area contributed by atoms with Crippen molar-refractivity contribution in [2.45, 2.75) is 6.92 Å². The molecule has 1 rings (SSSR count). The molecular weight excluding hydrogens is 260 g/mol. The van der Waals surface area contributed by atoms with E-state index in [1.165, 1.54) is 14.2 Å². The summed E-state index contributed by atoms with van der Waals surface area (Å²) in [6.07, 6.45) is 0.968. The van der Waals surface area contributed by atoms with Gasteiger partial charge < -0.3 is 14.8 Å². The minimum Gasteiger partial charge on any atom is -0.466 e. The maximum atomic E-state index is 11.6. The van der Waals surface area contributed by atoms with E-state index in [-0.39, 0.29) is 5.70 Å². The maximum absolute atomic E-state index is 11.6. The van der Waals surface area contributed by atoms with Crippen molar-refractivity contribution in [1.29, 1.82) is 5.26 Å². The highest BCUT2D eigenvalue weighted by molar-refractivity contribution is 5.99. The molecule has 0 spiro atoms. The molecule has 0 bridgehead atoms. The molecule has 20 heavy (non-hydrogen) atoms. The van der Waals surface area contributed by atoms with Crippen LogP contribution in [0.2, 0.25) is 0 Å². The number of carbonyl (C=O) groups is 2. The molecule has 0 fully saturated rings. The molecule has 0 aliphatic rings. The Kier molecular flexibility index (Phi) is 5.30. The first-order valence-corrected chi connectivity index (χ1v) is 5.67. The number of esters is 2. The molecule has 0 amide bonds. The van der Waals surface area contributed by atoms with Crippen molar-refractivity contribution in [2.24, 2.45) is 0 Å². The van der Waals surface area contributed by atoms with E-state index in [9.17, 15) is 9.59 Å². The van der Waals surface area contributed by atoms with Gasteiger partial charge in [-0.2, -0.15) is 5.26 Å². The molecule has 0 saturated carbocycles. The summed E-state index contributed by atoms with van der Waals surface area (Å²) in [6, 6.07) is 7.07. The Morgan fingerprint density at radius 3 is 2.55 bits per heavy atom. The standard InChI is InChI=1S/C14H14N2O4/c1-9-4-5-10(8-15)11(6-9)16-12(14(18)20-3)7-13(17)19-2/h4-7,16H,1-3H3/b12-7+. The number of methoxy groups -OCH3 is 2. The minimum absolute atomic E-state index is 0.110. The largest absolute Gasteiger partial charge is 0.466 e. The number of nitrogens with zero attached hydrogens (tertiary/aromatic N) is 1. The van der Waals surface area contributed by atoms with Crippen molar-refractivity contribution in [3.63, 3.8) is 0 Å². The van der Waals surface area contributed by atoms with Gasteiger partial charge in [0.05, 0.1) is 31.5 Å². The fraction of sp³-hybridized carbons (Fsp3) is 0.214. The Balaban J connectivity index is 3.17. The number of nitrogens with one attached hydrogen (secondary N) is 1. The Morgan fingerprint density at radius 2 is 2.00 bits per heavy atom. The van der Waals surface area contributed by atoms with Gasteiger partial charge in [0.15, 0.2) is 0 Å². The summed E-state index contributed by atoms with van der Waals surface area (Å²) in [4.78, 5) is 22.9. The molecule has 1 N–H and O–H groups in total. The lowest BCUT2D eigenvalue weighted by molar-refractivity contribution is -0.138. The number of aryl methyl sites for hydroxylation is 1. The molecule has 0 saturated heterocycles. The van der Waals surface area contributed by atoms with Gasteiger partial charge in [-0.05, 0) is 24.6 Å². The van der Waals surface area contributed by atoms with Crippen LogP contribution in [0.25, 0.3) is 0 Å². The SMILES string of the molecule is COC(=O)/C=C(/Nc1cc(C)ccc1C#N)C(=O)OC. The van der Waals surface area contributed by atoms with E-state index >= 15 is 0 Å². The summed E-state index contributed by atoms with van der Waals surface area (Å²) in [5, 5.41) is 11.7. The van der Waals surface area contributed by atoms with Crippen LogP contribution in [0.1, 0.15) is 11.1 Å². The molecule has 1 aromatic carbocycles. The van der Waals surface area contributed by atoms with Crippen LogP contribution in [0.3, 0.4) is 0 Å². The first-order chi connectivity index (χ1) is 9.51. The molecule has 6 heteroatoms. The molecule has 6 nitrogen and oxygen atoms in total. The average Bonchev–Trinajstić information content (AvgIpc) is 2.45. The number of carbonyl (C=O) groups excluding carboxylic acids is 2. The second kappa shape index (κ2) is 6.95. The molecule has 0 aliphatic carbocycles. The van der Waals surface area contributed by atoms with Gasteiger partial charge in [0.1, 0.15) is 11.8 Å². The summed E-state index contributed by atoms with van der Waals surface area (Å²) in [7, 11) is 2.39. The predicted molar refractivity (Wildman–Crippen MR) is 71.6 cm³/mol. The summed E-state index contributed by atoms with van der Waals surface area (Å²) in [5.74, 6) is -1.44. The molecule has 0 aliphatic heterocycles. The molecule has 0 heterocycles. The van der Waals surface area contributed by atoms with Gasteiger partial charge >= 0.3 is 11.9 Å². The zero-order valence-electron chi connectivity index (χ0n) is 11.4. The predicted octanol–water partition coefficient (Wildman–Crippen LogP) is 1.51. The Hall–Kier alpha value is -2.81. The van der Waals surface area contributed by atoms with Crippen LogP contribution in [0.4, 0.5) is 5.69 Å². The zero-order valence-corrected chi connectivity index (χ0v) is 11.4. The molecule has 0 atom stereocenters. The van der Waals surface area contributed by atoms with Crippen LogP contribution >= 0.6 is 0 Å². The second-order valence-corrected chi connectivity index (χ2v) is 3.86. The van der Waals surface area contributed by atoms with Crippen molar-refractivity contribution in [3.05, 3.63) is 41.1 Å². The number of nitriles is 1. The van der Waals surface area contributed by atoms with E-state index in [1.807, 2.05) is 13.0 Å². The van der Waals surface area contributed by atoms with Crippen molar-refractivity contribution in [1.82, 2.24) is 0 Å². The van der Waals surface area contributed by atoms with Crippen molar-refractivity contribution < 1.29 is 19.1 Å². The summed E-state index contributed by atoms with van der Waals surface area (Å²) < 4.78 is 9.04. The van der Waals surface area contributed by atoms with Crippen molar-refractivity contribution in [2.75, 3.05) is 19.5 Å². The van der Waals surface area contributed by atoms with Crippen molar-refractivity contribution in [3.8, 4) is 6.07 Å². The topological polar surface area (TPSA) is 88.4 Å². The summed E-state index contributed by atoms with van der Waals surface area (Å²) in [6.45, 7) is 1.84. The highest BCUT2D eigenvalue weighted by Gasteiger charge is 2.14. The van der Waals surface area contributed by atoms with E-state index in [0.29, 0.717) is 11.3 Å². The Bertz CT molecular complexity index is 600. The van der Waals surface area contributed by atoms with Gasteiger partial charge in [0.2, 0.25) is 0 Å². The second-order valence-electron chi connectivity index (χ2n) is 3.86. The van der Waals surface area contributed by atoms with Crippen LogP contribution in [0.15, 0.2) is 30.0 Å². The van der Waals surface area contributed by atoms with E-state index in [0.717, 1.165) is 11.6 Å². The normalized spacial score (nSPS) is 10.4. The Labute approximate surface area is 116 Å². The molecule has 104 valence electrons. The molecular formula is C14H14N2O4. The lowest BCUT2D eigenvalue weighted by atomic mass is 10.1. The zero-order chi connectivity index (χ0) is 15.1. The summed E-state index contributed by atoms with van der Waals surface area (Å²) in [5.41, 5.74) is 1.54. The molecule has 1 aromatic rings. The van der Waals surface area contributed by atoms with Crippen LogP contribution in [0, 0.1) is 18.3 Å². The lowest BCUT2D eigenvalue weighted by Gasteiger charge is -2.11. The first kappa shape index (κ1) is 15.2. The molecule has 0 radical (unpaired) electrons. The molecule has 0 aromatic heterocycles. The molecule has 0 unspecified atom stereocenters. The van der Waals surface area contributed by atoms with E-state index in [4.69, 9.17) is 5.26 Å². The van der Waals surface area contributed by atoms with Crippen LogP contribution in [0.5, 0.6) is 0 Å². The minimum atomic E-state index is -0.735. The van der Waals surface area contributed by atoms with Gasteiger partial charge in [-0.25, -0.2) is 9.59 Å². The first-order valence-electron chi connectivity index (χ1n) is 5.67. The fourth-order valence-electron chi connectivity index (χ4n) is 1.44. The monoisotopic (exact) mass is 274 g/mol. The van der Waals surface area contributed by atoms with E-state index in [1.54, 1.807) is 18.2 Å². The third-order valence-corrected chi connectivity index (χ3v) is 2.43. The average molecular weight is 274 g/mol. The van der Waals surface area contributed by atoms with Crippen LogP contribution < -0.4 is 5.32 Å². The Morgan fingerprint density at radius 1 is 1.30 bits per heavy atom. The highest BCUT2D eigenvalue weighted by Crippen LogP contribution is 2.19. The van der Waals surface area contributed by atoms with Crippen LogP contribution in [-0.2, 0) is 19.1 Å². The number of anilines is 1. The van der Waals surface area contributed by atoms with Gasteiger partial charge in [0, 0.05) is 0 Å². The van der Waals surface area contributed by atoms with Gasteiger partial charge in [-0.3, -0.25) is 0 Å². The van der Waals surface area contributed by atoms with Crippen molar-refractivity contribution >= 4 is 17.6 Å². The number of ether oxygens (including phenoxy) is 2. The third-order valence-electron chi connectivity index (χ3n) is 2.43. The van der Waals surface area contributed by atoms with E-state index in [2.05, 4.69) is 14.8 Å². The third kappa shape index (κ3) is 3.85.